The quantitative estimate of drug-likeness (QED) is 0.560. The SMILES string of the molecule is CC(C)OCCCNC(=O)N[C@@H](C)C(=O)O. The van der Waals surface area contributed by atoms with Gasteiger partial charge in [0.05, 0.1) is 6.10 Å². The monoisotopic (exact) mass is 232 g/mol. The van der Waals surface area contributed by atoms with Gasteiger partial charge in [-0.15, -0.1) is 0 Å². The van der Waals surface area contributed by atoms with Gasteiger partial charge in [0, 0.05) is 13.2 Å². The number of carboxylic acid groups (broad SMARTS) is 1. The van der Waals surface area contributed by atoms with Crippen LogP contribution in [0.15, 0.2) is 0 Å². The van der Waals surface area contributed by atoms with Crippen molar-refractivity contribution < 1.29 is 19.4 Å². The number of ether oxygens (including phenoxy) is 1. The van der Waals surface area contributed by atoms with E-state index in [1.165, 1.54) is 6.92 Å². The highest BCUT2D eigenvalue weighted by atomic mass is 16.5. The zero-order chi connectivity index (χ0) is 12.6. The minimum absolute atomic E-state index is 0.181. The molecule has 6 heteroatoms. The summed E-state index contributed by atoms with van der Waals surface area (Å²) in [6.07, 6.45) is 0.883. The Bertz CT molecular complexity index is 231. The number of hydrogen-bond donors (Lipinski definition) is 3. The zero-order valence-electron chi connectivity index (χ0n) is 9.95. The van der Waals surface area contributed by atoms with Crippen LogP contribution in [-0.2, 0) is 9.53 Å². The van der Waals surface area contributed by atoms with Gasteiger partial charge in [0.1, 0.15) is 6.04 Å². The summed E-state index contributed by atoms with van der Waals surface area (Å²) >= 11 is 0. The summed E-state index contributed by atoms with van der Waals surface area (Å²) in [4.78, 5) is 21.6. The van der Waals surface area contributed by atoms with Crippen molar-refractivity contribution in [1.29, 1.82) is 0 Å². The molecule has 0 rings (SSSR count). The maximum absolute atomic E-state index is 11.1. The number of nitrogens with one attached hydrogen (secondary N) is 2. The molecule has 0 saturated heterocycles. The molecule has 16 heavy (non-hydrogen) atoms. The van der Waals surface area contributed by atoms with E-state index in [4.69, 9.17) is 9.84 Å². The van der Waals surface area contributed by atoms with Gasteiger partial charge in [-0.25, -0.2) is 4.79 Å². The Morgan fingerprint density at radius 1 is 1.31 bits per heavy atom. The van der Waals surface area contributed by atoms with Crippen LogP contribution in [-0.4, -0.2) is 42.4 Å². The van der Waals surface area contributed by atoms with E-state index in [0.717, 1.165) is 0 Å². The third kappa shape index (κ3) is 8.05. The molecule has 0 aliphatic heterocycles. The van der Waals surface area contributed by atoms with E-state index >= 15 is 0 Å². The fourth-order valence-electron chi connectivity index (χ4n) is 0.903. The van der Waals surface area contributed by atoms with Crippen LogP contribution in [0.3, 0.4) is 0 Å². The summed E-state index contributed by atoms with van der Waals surface area (Å²) < 4.78 is 5.28. The molecule has 0 aromatic rings. The highest BCUT2D eigenvalue weighted by molar-refractivity contribution is 5.82. The first-order valence-corrected chi connectivity index (χ1v) is 5.32. The minimum atomic E-state index is -1.06. The van der Waals surface area contributed by atoms with E-state index in [1.54, 1.807) is 0 Å². The largest absolute Gasteiger partial charge is 0.480 e. The van der Waals surface area contributed by atoms with Gasteiger partial charge in [-0.1, -0.05) is 0 Å². The van der Waals surface area contributed by atoms with Crippen LogP contribution < -0.4 is 10.6 Å². The molecule has 0 saturated carbocycles. The average Bonchev–Trinajstić information content (AvgIpc) is 2.16. The Morgan fingerprint density at radius 3 is 2.44 bits per heavy atom. The van der Waals surface area contributed by atoms with Gasteiger partial charge in [-0.2, -0.15) is 0 Å². The number of amides is 2. The number of hydrogen-bond acceptors (Lipinski definition) is 3. The number of rotatable bonds is 7. The minimum Gasteiger partial charge on any atom is -0.480 e. The Balaban J connectivity index is 3.48. The van der Waals surface area contributed by atoms with Crippen LogP contribution in [0, 0.1) is 0 Å². The predicted molar refractivity (Wildman–Crippen MR) is 59.3 cm³/mol. The van der Waals surface area contributed by atoms with Crippen molar-refractivity contribution in [3.8, 4) is 0 Å². The molecule has 0 aliphatic carbocycles. The fourth-order valence-corrected chi connectivity index (χ4v) is 0.903. The smallest absolute Gasteiger partial charge is 0.325 e. The van der Waals surface area contributed by atoms with Gasteiger partial charge in [-0.3, -0.25) is 4.79 Å². The van der Waals surface area contributed by atoms with Crippen LogP contribution in [0.4, 0.5) is 4.79 Å². The third-order valence-electron chi connectivity index (χ3n) is 1.78. The Hall–Kier alpha value is -1.30. The first-order valence-electron chi connectivity index (χ1n) is 5.32. The number of carbonyl (C=O) groups is 2. The van der Waals surface area contributed by atoms with Gasteiger partial charge in [0.15, 0.2) is 0 Å². The van der Waals surface area contributed by atoms with Crippen molar-refractivity contribution in [2.45, 2.75) is 39.3 Å². The van der Waals surface area contributed by atoms with Gasteiger partial charge < -0.3 is 20.5 Å². The van der Waals surface area contributed by atoms with Crippen LogP contribution >= 0.6 is 0 Å². The summed E-state index contributed by atoms with van der Waals surface area (Å²) in [5.41, 5.74) is 0. The molecule has 0 aromatic carbocycles. The van der Waals surface area contributed by atoms with Crippen molar-refractivity contribution >= 4 is 12.0 Å². The highest BCUT2D eigenvalue weighted by Gasteiger charge is 2.12. The fraction of sp³-hybridized carbons (Fsp3) is 0.800. The lowest BCUT2D eigenvalue weighted by Gasteiger charge is -2.11. The predicted octanol–water partition coefficient (Wildman–Crippen LogP) is 0.574. The molecule has 1 atom stereocenters. The molecule has 0 heterocycles. The number of carbonyl (C=O) groups excluding carboxylic acids is 1. The Kier molecular flexibility index (Phi) is 7.28. The molecule has 94 valence electrons. The lowest BCUT2D eigenvalue weighted by Crippen LogP contribution is -2.44. The molecule has 0 unspecified atom stereocenters. The number of carboxylic acids is 1. The molecule has 0 aromatic heterocycles. The second-order valence-corrected chi connectivity index (χ2v) is 3.73. The second-order valence-electron chi connectivity index (χ2n) is 3.73. The molecule has 0 aliphatic rings. The first kappa shape index (κ1) is 14.7. The van der Waals surface area contributed by atoms with E-state index in [0.29, 0.717) is 19.6 Å². The molecule has 0 fully saturated rings. The van der Waals surface area contributed by atoms with Crippen molar-refractivity contribution in [2.24, 2.45) is 0 Å². The van der Waals surface area contributed by atoms with Gasteiger partial charge in [-0.05, 0) is 27.2 Å². The summed E-state index contributed by atoms with van der Waals surface area (Å²) in [6, 6.07) is -1.36. The third-order valence-corrected chi connectivity index (χ3v) is 1.78. The summed E-state index contributed by atoms with van der Waals surface area (Å²) in [5, 5.41) is 13.4. The van der Waals surface area contributed by atoms with E-state index < -0.39 is 18.0 Å². The van der Waals surface area contributed by atoms with Crippen LogP contribution in [0.25, 0.3) is 0 Å². The van der Waals surface area contributed by atoms with Gasteiger partial charge in [0.25, 0.3) is 0 Å². The molecule has 3 N–H and O–H groups in total. The molecule has 2 amide bonds. The number of aliphatic carboxylic acids is 1. The average molecular weight is 232 g/mol. The standard InChI is InChI=1S/C10H20N2O4/c1-7(2)16-6-4-5-11-10(15)12-8(3)9(13)14/h7-8H,4-6H2,1-3H3,(H,13,14)(H2,11,12,15)/t8-/m0/s1. The lowest BCUT2D eigenvalue weighted by molar-refractivity contribution is -0.138. The Labute approximate surface area is 95.4 Å². The number of urea groups is 1. The lowest BCUT2D eigenvalue weighted by atomic mass is 10.3. The molecule has 0 spiro atoms. The molecular weight excluding hydrogens is 212 g/mol. The summed E-state index contributed by atoms with van der Waals surface area (Å²) in [7, 11) is 0. The second kappa shape index (κ2) is 7.92. The summed E-state index contributed by atoms with van der Waals surface area (Å²) in [5.74, 6) is -1.06. The molecular formula is C10H20N2O4. The van der Waals surface area contributed by atoms with Crippen LogP contribution in [0.2, 0.25) is 0 Å². The van der Waals surface area contributed by atoms with Crippen molar-refractivity contribution in [1.82, 2.24) is 10.6 Å². The zero-order valence-corrected chi connectivity index (χ0v) is 9.95. The first-order chi connectivity index (χ1) is 7.43. The topological polar surface area (TPSA) is 87.7 Å². The van der Waals surface area contributed by atoms with Crippen molar-refractivity contribution in [2.75, 3.05) is 13.2 Å². The highest BCUT2D eigenvalue weighted by Crippen LogP contribution is 1.89. The maximum atomic E-state index is 11.1. The van der Waals surface area contributed by atoms with Crippen molar-refractivity contribution in [3.63, 3.8) is 0 Å². The van der Waals surface area contributed by atoms with Gasteiger partial charge >= 0.3 is 12.0 Å². The van der Waals surface area contributed by atoms with Crippen molar-refractivity contribution in [3.05, 3.63) is 0 Å². The molecule has 0 radical (unpaired) electrons. The normalized spacial score (nSPS) is 12.2. The van der Waals surface area contributed by atoms with Gasteiger partial charge in [0.2, 0.25) is 0 Å². The van der Waals surface area contributed by atoms with Crippen LogP contribution in [0.1, 0.15) is 27.2 Å². The van der Waals surface area contributed by atoms with Crippen LogP contribution in [0.5, 0.6) is 0 Å². The van der Waals surface area contributed by atoms with E-state index in [2.05, 4.69) is 10.6 Å². The maximum Gasteiger partial charge on any atom is 0.325 e. The van der Waals surface area contributed by atoms with E-state index in [-0.39, 0.29) is 6.10 Å². The van der Waals surface area contributed by atoms with E-state index in [1.807, 2.05) is 13.8 Å². The Morgan fingerprint density at radius 2 is 1.94 bits per heavy atom. The summed E-state index contributed by atoms with van der Waals surface area (Å²) in [6.45, 7) is 6.32. The van der Waals surface area contributed by atoms with E-state index in [9.17, 15) is 9.59 Å². The molecule has 0 bridgehead atoms. The molecule has 6 nitrogen and oxygen atoms in total.